The molecule has 3 heteroatoms. The van der Waals surface area contributed by atoms with Gasteiger partial charge in [-0.3, -0.25) is 0 Å². The SMILES string of the molecule is Cc1ccc(BOCC2CO2)cc1. The molecular weight excluding hydrogens is 163 g/mol. The fraction of sp³-hybridized carbons (Fsp3) is 0.400. The van der Waals surface area contributed by atoms with Crippen LogP contribution in [-0.2, 0) is 9.39 Å². The van der Waals surface area contributed by atoms with E-state index in [9.17, 15) is 0 Å². The Balaban J connectivity index is 1.76. The van der Waals surface area contributed by atoms with E-state index in [0.717, 1.165) is 13.2 Å². The van der Waals surface area contributed by atoms with E-state index in [0.29, 0.717) is 13.6 Å². The fourth-order valence-electron chi connectivity index (χ4n) is 1.16. The third-order valence-electron chi connectivity index (χ3n) is 2.10. The molecule has 1 aliphatic rings. The van der Waals surface area contributed by atoms with Crippen LogP contribution in [0.5, 0.6) is 0 Å². The summed E-state index contributed by atoms with van der Waals surface area (Å²) < 4.78 is 10.5. The number of ether oxygens (including phenoxy) is 1. The highest BCUT2D eigenvalue weighted by Gasteiger charge is 2.21. The lowest BCUT2D eigenvalue weighted by molar-refractivity contribution is 0.277. The number of rotatable bonds is 4. The summed E-state index contributed by atoms with van der Waals surface area (Å²) >= 11 is 0. The summed E-state index contributed by atoms with van der Waals surface area (Å²) in [5.74, 6) is 0. The van der Waals surface area contributed by atoms with Crippen LogP contribution >= 0.6 is 0 Å². The van der Waals surface area contributed by atoms with Crippen LogP contribution in [-0.4, -0.2) is 26.8 Å². The second-order valence-electron chi connectivity index (χ2n) is 3.46. The van der Waals surface area contributed by atoms with E-state index >= 15 is 0 Å². The second-order valence-corrected chi connectivity index (χ2v) is 3.46. The third kappa shape index (κ3) is 2.86. The van der Waals surface area contributed by atoms with E-state index in [-0.39, 0.29) is 0 Å². The molecule has 0 aliphatic carbocycles. The minimum absolute atomic E-state index is 0.366. The lowest BCUT2D eigenvalue weighted by Gasteiger charge is -2.00. The molecule has 1 atom stereocenters. The van der Waals surface area contributed by atoms with Gasteiger partial charge in [-0.05, 0) is 6.92 Å². The van der Waals surface area contributed by atoms with Crippen molar-refractivity contribution in [3.05, 3.63) is 29.8 Å². The topological polar surface area (TPSA) is 21.8 Å². The van der Waals surface area contributed by atoms with Crippen molar-refractivity contribution in [3.63, 3.8) is 0 Å². The molecule has 68 valence electrons. The molecule has 1 aromatic rings. The summed E-state index contributed by atoms with van der Waals surface area (Å²) in [6.07, 6.45) is 0.366. The number of hydrogen-bond acceptors (Lipinski definition) is 2. The van der Waals surface area contributed by atoms with E-state index in [1.165, 1.54) is 11.0 Å². The summed E-state index contributed by atoms with van der Waals surface area (Å²) in [5.41, 5.74) is 2.51. The Morgan fingerprint density at radius 2 is 2.15 bits per heavy atom. The number of benzene rings is 1. The van der Waals surface area contributed by atoms with Crippen LogP contribution in [0.25, 0.3) is 0 Å². The molecule has 0 saturated carbocycles. The lowest BCUT2D eigenvalue weighted by atomic mass is 9.87. The molecule has 0 radical (unpaired) electrons. The first-order valence-corrected chi connectivity index (χ1v) is 4.59. The Morgan fingerprint density at radius 1 is 1.46 bits per heavy atom. The minimum Gasteiger partial charge on any atom is -0.432 e. The molecule has 1 unspecified atom stereocenters. The van der Waals surface area contributed by atoms with Gasteiger partial charge in [0.2, 0.25) is 0 Å². The van der Waals surface area contributed by atoms with Gasteiger partial charge < -0.3 is 9.39 Å². The minimum atomic E-state index is 0.366. The summed E-state index contributed by atoms with van der Waals surface area (Å²) in [7, 11) is 0.695. The Bertz CT molecular complexity index is 267. The number of hydrogen-bond donors (Lipinski definition) is 0. The second kappa shape index (κ2) is 3.94. The van der Waals surface area contributed by atoms with E-state index in [2.05, 4.69) is 31.2 Å². The zero-order chi connectivity index (χ0) is 9.10. The predicted octanol–water partition coefficient (Wildman–Crippen LogP) is 0.387. The monoisotopic (exact) mass is 176 g/mol. The fourth-order valence-corrected chi connectivity index (χ4v) is 1.16. The van der Waals surface area contributed by atoms with Crippen molar-refractivity contribution in [1.82, 2.24) is 0 Å². The summed E-state index contributed by atoms with van der Waals surface area (Å²) in [4.78, 5) is 0. The van der Waals surface area contributed by atoms with E-state index < -0.39 is 0 Å². The van der Waals surface area contributed by atoms with Crippen LogP contribution in [0.15, 0.2) is 24.3 Å². The normalized spacial score (nSPS) is 19.9. The maximum atomic E-state index is 5.46. The van der Waals surface area contributed by atoms with Crippen molar-refractivity contribution in [2.45, 2.75) is 13.0 Å². The molecule has 2 nitrogen and oxygen atoms in total. The van der Waals surface area contributed by atoms with E-state index in [1.54, 1.807) is 0 Å². The van der Waals surface area contributed by atoms with Gasteiger partial charge in [-0.1, -0.05) is 35.3 Å². The van der Waals surface area contributed by atoms with Crippen molar-refractivity contribution >= 4 is 12.9 Å². The molecule has 1 aliphatic heterocycles. The van der Waals surface area contributed by atoms with Gasteiger partial charge in [-0.25, -0.2) is 0 Å². The smallest absolute Gasteiger partial charge is 0.308 e. The highest BCUT2D eigenvalue weighted by Crippen LogP contribution is 2.07. The molecule has 0 bridgehead atoms. The molecule has 0 amide bonds. The molecule has 1 fully saturated rings. The van der Waals surface area contributed by atoms with Crippen LogP contribution in [0, 0.1) is 6.92 Å². The van der Waals surface area contributed by atoms with Crippen LogP contribution in [0.3, 0.4) is 0 Å². The van der Waals surface area contributed by atoms with Crippen molar-refractivity contribution in [3.8, 4) is 0 Å². The molecule has 1 heterocycles. The largest absolute Gasteiger partial charge is 0.432 e. The first-order valence-electron chi connectivity index (χ1n) is 4.59. The summed E-state index contributed by atoms with van der Waals surface area (Å²) in [6.45, 7) is 3.68. The van der Waals surface area contributed by atoms with Crippen LogP contribution in [0.4, 0.5) is 0 Å². The lowest BCUT2D eigenvalue weighted by Crippen LogP contribution is -2.19. The Morgan fingerprint density at radius 3 is 2.77 bits per heavy atom. The first kappa shape index (κ1) is 8.79. The van der Waals surface area contributed by atoms with Gasteiger partial charge in [0.05, 0.1) is 13.2 Å². The zero-order valence-electron chi connectivity index (χ0n) is 7.82. The molecule has 0 aromatic heterocycles. The van der Waals surface area contributed by atoms with Crippen molar-refractivity contribution in [1.29, 1.82) is 0 Å². The van der Waals surface area contributed by atoms with Gasteiger partial charge in [0.1, 0.15) is 6.10 Å². The van der Waals surface area contributed by atoms with Crippen LogP contribution in [0.2, 0.25) is 0 Å². The van der Waals surface area contributed by atoms with Crippen molar-refractivity contribution in [2.75, 3.05) is 13.2 Å². The van der Waals surface area contributed by atoms with Crippen LogP contribution in [0.1, 0.15) is 5.56 Å². The average Bonchev–Trinajstić information content (AvgIpc) is 2.92. The zero-order valence-corrected chi connectivity index (χ0v) is 7.82. The molecule has 0 spiro atoms. The Labute approximate surface area is 79.1 Å². The molecule has 1 saturated heterocycles. The average molecular weight is 176 g/mol. The van der Waals surface area contributed by atoms with Gasteiger partial charge in [0.15, 0.2) is 0 Å². The van der Waals surface area contributed by atoms with Gasteiger partial charge in [-0.2, -0.15) is 0 Å². The van der Waals surface area contributed by atoms with Crippen molar-refractivity contribution in [2.24, 2.45) is 0 Å². The number of epoxide rings is 1. The van der Waals surface area contributed by atoms with Gasteiger partial charge in [0, 0.05) is 0 Å². The molecule has 2 rings (SSSR count). The summed E-state index contributed by atoms with van der Waals surface area (Å²) in [6, 6.07) is 8.41. The third-order valence-corrected chi connectivity index (χ3v) is 2.10. The van der Waals surface area contributed by atoms with E-state index in [4.69, 9.17) is 9.39 Å². The maximum Gasteiger partial charge on any atom is 0.308 e. The van der Waals surface area contributed by atoms with Gasteiger partial charge in [0.25, 0.3) is 0 Å². The highest BCUT2D eigenvalue weighted by atomic mass is 16.6. The number of aryl methyl sites for hydroxylation is 1. The van der Waals surface area contributed by atoms with E-state index in [1.807, 2.05) is 0 Å². The Kier molecular flexibility index (Phi) is 2.66. The highest BCUT2D eigenvalue weighted by molar-refractivity contribution is 6.46. The maximum absolute atomic E-state index is 5.46. The Hall–Kier alpha value is -0.795. The summed E-state index contributed by atoms with van der Waals surface area (Å²) in [5, 5.41) is 0. The van der Waals surface area contributed by atoms with Gasteiger partial charge in [-0.15, -0.1) is 0 Å². The molecule has 13 heavy (non-hydrogen) atoms. The molecular formula is C10H13BO2. The standard InChI is InChI=1S/C10H13BO2/c1-8-2-4-9(5-3-8)11-13-7-10-6-12-10/h2-5,10-11H,6-7H2,1H3. The first-order chi connectivity index (χ1) is 6.34. The molecule has 0 N–H and O–H groups in total. The predicted molar refractivity (Wildman–Crippen MR) is 53.7 cm³/mol. The quantitative estimate of drug-likeness (QED) is 0.488. The van der Waals surface area contributed by atoms with Crippen LogP contribution < -0.4 is 5.46 Å². The van der Waals surface area contributed by atoms with Crippen molar-refractivity contribution < 1.29 is 9.39 Å². The molecule has 1 aromatic carbocycles. The van der Waals surface area contributed by atoms with Gasteiger partial charge >= 0.3 is 7.48 Å².